The Morgan fingerprint density at radius 1 is 1.09 bits per heavy atom. The van der Waals surface area contributed by atoms with E-state index >= 15 is 0 Å². The van der Waals surface area contributed by atoms with Crippen molar-refractivity contribution >= 4 is 48.0 Å². The van der Waals surface area contributed by atoms with E-state index in [0.29, 0.717) is 23.6 Å². The van der Waals surface area contributed by atoms with E-state index in [0.717, 1.165) is 5.56 Å². The molecule has 0 spiro atoms. The summed E-state index contributed by atoms with van der Waals surface area (Å²) in [4.78, 5) is 26.0. The molecule has 2 aromatic carbocycles. The Morgan fingerprint density at radius 2 is 1.69 bits per heavy atom. The molecule has 1 aromatic heterocycles. The average molecular weight is 481 g/mol. The van der Waals surface area contributed by atoms with Crippen LogP contribution < -0.4 is 15.8 Å². The molecule has 32 heavy (non-hydrogen) atoms. The lowest BCUT2D eigenvalue weighted by Crippen LogP contribution is -2.33. The number of nitro groups is 1. The lowest BCUT2D eigenvalue weighted by molar-refractivity contribution is -0.384. The van der Waals surface area contributed by atoms with Gasteiger partial charge >= 0.3 is 11.7 Å². The molecule has 1 atom stereocenters. The fourth-order valence-electron chi connectivity index (χ4n) is 2.70. The van der Waals surface area contributed by atoms with Crippen LogP contribution in [0.1, 0.15) is 5.56 Å². The molecule has 0 amide bonds. The van der Waals surface area contributed by atoms with Crippen molar-refractivity contribution in [2.75, 3.05) is 12.4 Å². The van der Waals surface area contributed by atoms with Gasteiger partial charge in [0, 0.05) is 18.0 Å². The van der Waals surface area contributed by atoms with Crippen molar-refractivity contribution in [2.24, 2.45) is 5.73 Å². The lowest BCUT2D eigenvalue weighted by Gasteiger charge is -2.11. The Bertz CT molecular complexity index is 1030. The van der Waals surface area contributed by atoms with Gasteiger partial charge in [-0.1, -0.05) is 12.1 Å². The van der Waals surface area contributed by atoms with E-state index in [4.69, 9.17) is 10.5 Å². The first-order chi connectivity index (χ1) is 14.5. The van der Waals surface area contributed by atoms with Gasteiger partial charge in [0.15, 0.2) is 0 Å². The van der Waals surface area contributed by atoms with Crippen molar-refractivity contribution in [3.63, 3.8) is 0 Å². The number of rotatable bonds is 8. The van der Waals surface area contributed by atoms with Crippen molar-refractivity contribution in [1.82, 2.24) is 4.98 Å². The molecular weight excluding hydrogens is 459 g/mol. The highest BCUT2D eigenvalue weighted by Gasteiger charge is 2.15. The monoisotopic (exact) mass is 480 g/mol. The van der Waals surface area contributed by atoms with E-state index in [1.165, 1.54) is 25.4 Å². The molecule has 0 radical (unpaired) electrons. The Labute approximate surface area is 196 Å². The number of benzene rings is 2. The van der Waals surface area contributed by atoms with Crippen LogP contribution in [-0.2, 0) is 16.0 Å². The van der Waals surface area contributed by atoms with E-state index in [2.05, 4.69) is 15.0 Å². The fourth-order valence-corrected chi connectivity index (χ4v) is 2.70. The molecule has 0 saturated heterocycles. The van der Waals surface area contributed by atoms with E-state index in [-0.39, 0.29) is 36.3 Å². The first-order valence-electron chi connectivity index (χ1n) is 9.03. The largest absolute Gasteiger partial charge is 0.468 e. The number of pyridine rings is 1. The summed E-state index contributed by atoms with van der Waals surface area (Å²) >= 11 is 0. The number of nitrogens with two attached hydrogens (primary N) is 1. The smallest absolute Gasteiger partial charge is 0.322 e. The molecule has 0 bridgehead atoms. The number of hydrogen-bond acceptors (Lipinski definition) is 8. The van der Waals surface area contributed by atoms with Crippen LogP contribution in [0.3, 0.4) is 0 Å². The Balaban J connectivity index is 0.00000256. The average Bonchev–Trinajstić information content (AvgIpc) is 2.76. The van der Waals surface area contributed by atoms with Crippen LogP contribution in [0, 0.1) is 10.1 Å². The van der Waals surface area contributed by atoms with E-state index in [1.807, 2.05) is 12.1 Å². The summed E-state index contributed by atoms with van der Waals surface area (Å²) in [5.41, 5.74) is 7.18. The van der Waals surface area contributed by atoms with Gasteiger partial charge in [0.2, 0.25) is 5.82 Å². The number of nitrogens with zero attached hydrogens (tertiary/aromatic N) is 2. The number of aromatic nitrogens is 1. The Morgan fingerprint density at radius 3 is 2.25 bits per heavy atom. The number of hydrogen-bond donors (Lipinski definition) is 2. The molecule has 3 aromatic rings. The highest BCUT2D eigenvalue weighted by Crippen LogP contribution is 2.27. The maximum absolute atomic E-state index is 11.4. The Hall–Kier alpha value is -3.40. The second-order valence-electron chi connectivity index (χ2n) is 6.36. The minimum absolute atomic E-state index is 0. The topological polar surface area (TPSA) is 130 Å². The Kier molecular flexibility index (Phi) is 10.4. The highest BCUT2D eigenvalue weighted by molar-refractivity contribution is 5.85. The summed E-state index contributed by atoms with van der Waals surface area (Å²) in [6.45, 7) is 0. The van der Waals surface area contributed by atoms with Gasteiger partial charge in [0.25, 0.3) is 0 Å². The normalized spacial score (nSPS) is 10.7. The first kappa shape index (κ1) is 26.6. The number of halogens is 2. The standard InChI is InChI=1S/C21H20N4O5.2ClH/c1-29-21(26)18(22)13-14-4-8-16(9-5-14)30-17-10-6-15(7-11-17)24-20-19(25(27)28)3-2-12-23-20;;/h2-12,18H,13,22H2,1H3,(H,23,24);2*1H/t18-;;/m0../s1. The quantitative estimate of drug-likeness (QED) is 0.275. The maximum Gasteiger partial charge on any atom is 0.322 e. The van der Waals surface area contributed by atoms with Crippen molar-refractivity contribution in [2.45, 2.75) is 12.5 Å². The third-order valence-corrected chi connectivity index (χ3v) is 4.22. The maximum atomic E-state index is 11.4. The highest BCUT2D eigenvalue weighted by atomic mass is 35.5. The van der Waals surface area contributed by atoms with Gasteiger partial charge in [-0.3, -0.25) is 14.9 Å². The number of nitrogens with one attached hydrogen (secondary N) is 1. The molecule has 3 rings (SSSR count). The van der Waals surface area contributed by atoms with Gasteiger partial charge in [-0.2, -0.15) is 0 Å². The predicted molar refractivity (Wildman–Crippen MR) is 125 cm³/mol. The second kappa shape index (κ2) is 12.5. The second-order valence-corrected chi connectivity index (χ2v) is 6.36. The van der Waals surface area contributed by atoms with Crippen LogP contribution in [0.5, 0.6) is 11.5 Å². The number of anilines is 2. The molecule has 0 aliphatic carbocycles. The van der Waals surface area contributed by atoms with Crippen LogP contribution in [0.15, 0.2) is 66.9 Å². The van der Waals surface area contributed by atoms with Crippen LogP contribution >= 0.6 is 24.8 Å². The molecule has 1 heterocycles. The van der Waals surface area contributed by atoms with Crippen LogP contribution in [0.25, 0.3) is 0 Å². The molecule has 0 unspecified atom stereocenters. The van der Waals surface area contributed by atoms with Crippen molar-refractivity contribution in [1.29, 1.82) is 0 Å². The molecule has 11 heteroatoms. The summed E-state index contributed by atoms with van der Waals surface area (Å²) in [6.07, 6.45) is 1.85. The van der Waals surface area contributed by atoms with E-state index in [1.54, 1.807) is 36.4 Å². The van der Waals surface area contributed by atoms with Crippen molar-refractivity contribution in [3.8, 4) is 11.5 Å². The summed E-state index contributed by atoms with van der Waals surface area (Å²) in [6, 6.07) is 16.3. The number of carbonyl (C=O) groups excluding carboxylic acids is 1. The third-order valence-electron chi connectivity index (χ3n) is 4.22. The summed E-state index contributed by atoms with van der Waals surface area (Å²) in [5.74, 6) is 0.915. The predicted octanol–water partition coefficient (Wildman–Crippen LogP) is 4.41. The molecule has 0 aliphatic heterocycles. The number of esters is 1. The molecule has 0 saturated carbocycles. The van der Waals surface area contributed by atoms with Gasteiger partial charge in [0.05, 0.1) is 12.0 Å². The molecule has 9 nitrogen and oxygen atoms in total. The number of ether oxygens (including phenoxy) is 2. The van der Waals surface area contributed by atoms with Crippen LogP contribution in [-0.4, -0.2) is 29.0 Å². The van der Waals surface area contributed by atoms with Gasteiger partial charge in [-0.25, -0.2) is 4.98 Å². The molecule has 0 aliphatic rings. The molecular formula is C21H22Cl2N4O5. The first-order valence-corrected chi connectivity index (χ1v) is 9.03. The summed E-state index contributed by atoms with van der Waals surface area (Å²) < 4.78 is 10.4. The van der Waals surface area contributed by atoms with Gasteiger partial charge in [-0.05, 0) is 54.4 Å². The molecule has 0 fully saturated rings. The SMILES string of the molecule is COC(=O)[C@@H](N)Cc1ccc(Oc2ccc(Nc3ncccc3[N+](=O)[O-])cc2)cc1.Cl.Cl. The van der Waals surface area contributed by atoms with Gasteiger partial charge in [-0.15, -0.1) is 24.8 Å². The van der Waals surface area contributed by atoms with Crippen LogP contribution in [0.4, 0.5) is 17.2 Å². The summed E-state index contributed by atoms with van der Waals surface area (Å²) in [7, 11) is 1.30. The van der Waals surface area contributed by atoms with Crippen molar-refractivity contribution in [3.05, 3.63) is 82.5 Å². The fraction of sp³-hybridized carbons (Fsp3) is 0.143. The van der Waals surface area contributed by atoms with Crippen LogP contribution in [0.2, 0.25) is 0 Å². The minimum Gasteiger partial charge on any atom is -0.468 e. The molecule has 170 valence electrons. The number of carbonyl (C=O) groups is 1. The van der Waals surface area contributed by atoms with E-state index in [9.17, 15) is 14.9 Å². The van der Waals surface area contributed by atoms with Gasteiger partial charge < -0.3 is 20.5 Å². The number of methoxy groups -OCH3 is 1. The third kappa shape index (κ3) is 7.09. The zero-order chi connectivity index (χ0) is 21.5. The van der Waals surface area contributed by atoms with Gasteiger partial charge in [0.1, 0.15) is 17.5 Å². The minimum atomic E-state index is -0.711. The van der Waals surface area contributed by atoms with Crippen molar-refractivity contribution < 1.29 is 19.2 Å². The molecule has 3 N–H and O–H groups in total. The zero-order valence-electron chi connectivity index (χ0n) is 17.0. The summed E-state index contributed by atoms with van der Waals surface area (Å²) in [5, 5.41) is 14.0. The lowest BCUT2D eigenvalue weighted by atomic mass is 10.1. The zero-order valence-corrected chi connectivity index (χ0v) is 18.6. The van der Waals surface area contributed by atoms with E-state index < -0.39 is 16.9 Å².